The lowest BCUT2D eigenvalue weighted by atomic mass is 9.69. The molecule has 0 radical (unpaired) electrons. The highest BCUT2D eigenvalue weighted by Crippen LogP contribution is 2.51. The third-order valence-electron chi connectivity index (χ3n) is 6.24. The second-order valence-electron chi connectivity index (χ2n) is 8.23. The van der Waals surface area contributed by atoms with Crippen LogP contribution in [-0.4, -0.2) is 59.4 Å². The topological polar surface area (TPSA) is 70.6 Å². The number of hydrogen-bond acceptors (Lipinski definition) is 4. The normalized spacial score (nSPS) is 30.5. The van der Waals surface area contributed by atoms with Crippen LogP contribution in [0.5, 0.6) is 0 Å². The van der Waals surface area contributed by atoms with Gasteiger partial charge < -0.3 is 4.90 Å². The van der Waals surface area contributed by atoms with Gasteiger partial charge in [0.25, 0.3) is 0 Å². The van der Waals surface area contributed by atoms with Gasteiger partial charge in [-0.3, -0.25) is 9.78 Å². The molecule has 1 amide bonds. The quantitative estimate of drug-likeness (QED) is 0.805. The van der Waals surface area contributed by atoms with E-state index in [9.17, 15) is 13.2 Å². The standard InChI is InChI=1S/C19H27N3O3S/c1-14(2)22-10-4-8-19(18(22)23)13-21(26(24,25)16-6-7-16)12-17(19)15-5-3-9-20-11-15/h3,5,9,11,14,16-17H,4,6-8,10,12-13H2,1-2H3/t17-,19+/m0/s1. The van der Waals surface area contributed by atoms with Crippen LogP contribution >= 0.6 is 0 Å². The van der Waals surface area contributed by atoms with Crippen molar-refractivity contribution < 1.29 is 13.2 Å². The Kier molecular flexibility index (Phi) is 4.34. The SMILES string of the molecule is CC(C)N1CCC[C@]2(CN(S(=O)(=O)C3CC3)C[C@H]2c2cccnc2)C1=O. The van der Waals surface area contributed by atoms with Crippen molar-refractivity contribution in [3.05, 3.63) is 30.1 Å². The zero-order valence-electron chi connectivity index (χ0n) is 15.5. The molecular weight excluding hydrogens is 350 g/mol. The van der Waals surface area contributed by atoms with Gasteiger partial charge in [-0.15, -0.1) is 0 Å². The first-order valence-corrected chi connectivity index (χ1v) is 11.1. The van der Waals surface area contributed by atoms with Gasteiger partial charge in [0.1, 0.15) is 0 Å². The first-order chi connectivity index (χ1) is 12.4. The molecule has 2 aliphatic heterocycles. The van der Waals surface area contributed by atoms with Crippen molar-refractivity contribution in [2.24, 2.45) is 5.41 Å². The maximum atomic E-state index is 13.5. The van der Waals surface area contributed by atoms with Gasteiger partial charge in [0, 0.05) is 44.0 Å². The first-order valence-electron chi connectivity index (χ1n) is 9.56. The molecule has 7 heteroatoms. The van der Waals surface area contributed by atoms with E-state index >= 15 is 0 Å². The molecule has 3 heterocycles. The Morgan fingerprint density at radius 1 is 1.31 bits per heavy atom. The molecule has 1 saturated carbocycles. The monoisotopic (exact) mass is 377 g/mol. The summed E-state index contributed by atoms with van der Waals surface area (Å²) in [6.07, 6.45) is 6.66. The van der Waals surface area contributed by atoms with E-state index in [1.807, 2.05) is 30.9 Å². The van der Waals surface area contributed by atoms with E-state index in [-0.39, 0.29) is 23.1 Å². The Balaban J connectivity index is 1.75. The minimum absolute atomic E-state index is 0.112. The fraction of sp³-hybridized carbons (Fsp3) is 0.684. The maximum Gasteiger partial charge on any atom is 0.231 e. The lowest BCUT2D eigenvalue weighted by Gasteiger charge is -2.44. The zero-order chi connectivity index (χ0) is 18.5. The summed E-state index contributed by atoms with van der Waals surface area (Å²) in [5.41, 5.74) is 0.313. The van der Waals surface area contributed by atoms with E-state index in [2.05, 4.69) is 4.98 Å². The maximum absolute atomic E-state index is 13.5. The van der Waals surface area contributed by atoms with Crippen LogP contribution in [0.1, 0.15) is 51.0 Å². The highest BCUT2D eigenvalue weighted by molar-refractivity contribution is 7.90. The number of rotatable bonds is 4. The van der Waals surface area contributed by atoms with E-state index in [0.29, 0.717) is 13.1 Å². The van der Waals surface area contributed by atoms with Crippen molar-refractivity contribution in [2.75, 3.05) is 19.6 Å². The van der Waals surface area contributed by atoms with Crippen LogP contribution < -0.4 is 0 Å². The molecule has 0 bridgehead atoms. The average molecular weight is 378 g/mol. The van der Waals surface area contributed by atoms with Gasteiger partial charge in [-0.1, -0.05) is 6.07 Å². The molecule has 3 fully saturated rings. The second kappa shape index (κ2) is 6.30. The van der Waals surface area contributed by atoms with Crippen molar-refractivity contribution >= 4 is 15.9 Å². The number of aromatic nitrogens is 1. The highest BCUT2D eigenvalue weighted by atomic mass is 32.2. The Morgan fingerprint density at radius 3 is 2.69 bits per heavy atom. The molecule has 1 aromatic heterocycles. The number of pyridine rings is 1. The second-order valence-corrected chi connectivity index (χ2v) is 10.4. The molecule has 0 aromatic carbocycles. The summed E-state index contributed by atoms with van der Waals surface area (Å²) < 4.78 is 27.4. The summed E-state index contributed by atoms with van der Waals surface area (Å²) in [7, 11) is -3.30. The van der Waals surface area contributed by atoms with Crippen molar-refractivity contribution in [3.63, 3.8) is 0 Å². The Bertz CT molecular complexity index is 792. The van der Waals surface area contributed by atoms with Gasteiger partial charge in [-0.05, 0) is 51.2 Å². The minimum atomic E-state index is -3.30. The van der Waals surface area contributed by atoms with Crippen LogP contribution in [0.3, 0.4) is 0 Å². The number of amides is 1. The molecule has 1 aliphatic carbocycles. The summed E-state index contributed by atoms with van der Waals surface area (Å²) >= 11 is 0. The average Bonchev–Trinajstić information content (AvgIpc) is 3.41. The van der Waals surface area contributed by atoms with Gasteiger partial charge in [0.05, 0.1) is 10.7 Å². The number of carbonyl (C=O) groups is 1. The third-order valence-corrected chi connectivity index (χ3v) is 8.55. The number of sulfonamides is 1. The molecule has 4 rings (SSSR count). The van der Waals surface area contributed by atoms with Crippen LogP contribution in [0.25, 0.3) is 0 Å². The number of hydrogen-bond donors (Lipinski definition) is 0. The summed E-state index contributed by atoms with van der Waals surface area (Å²) in [5, 5.41) is -0.243. The van der Waals surface area contributed by atoms with Crippen molar-refractivity contribution in [3.8, 4) is 0 Å². The smallest absolute Gasteiger partial charge is 0.231 e. The number of nitrogens with zero attached hydrogens (tertiary/aromatic N) is 3. The molecule has 6 nitrogen and oxygen atoms in total. The zero-order valence-corrected chi connectivity index (χ0v) is 16.3. The molecule has 2 saturated heterocycles. The summed E-state index contributed by atoms with van der Waals surface area (Å²) in [4.78, 5) is 19.7. The predicted molar refractivity (Wildman–Crippen MR) is 99.0 cm³/mol. The molecule has 26 heavy (non-hydrogen) atoms. The Hall–Kier alpha value is -1.47. The molecule has 0 N–H and O–H groups in total. The fourth-order valence-electron chi connectivity index (χ4n) is 4.67. The van der Waals surface area contributed by atoms with Crippen LogP contribution in [0.2, 0.25) is 0 Å². The summed E-state index contributed by atoms with van der Waals surface area (Å²) in [6, 6.07) is 3.98. The van der Waals surface area contributed by atoms with Crippen LogP contribution in [-0.2, 0) is 14.8 Å². The van der Waals surface area contributed by atoms with Crippen molar-refractivity contribution in [1.82, 2.24) is 14.2 Å². The molecular formula is C19H27N3O3S. The Morgan fingerprint density at radius 2 is 2.08 bits per heavy atom. The van der Waals surface area contributed by atoms with E-state index in [0.717, 1.165) is 37.8 Å². The van der Waals surface area contributed by atoms with Crippen LogP contribution in [0, 0.1) is 5.41 Å². The van der Waals surface area contributed by atoms with Gasteiger partial charge >= 0.3 is 0 Å². The lowest BCUT2D eigenvalue weighted by Crippen LogP contribution is -2.54. The lowest BCUT2D eigenvalue weighted by molar-refractivity contribution is -0.148. The summed E-state index contributed by atoms with van der Waals surface area (Å²) in [6.45, 7) is 5.52. The number of piperidine rings is 1. The minimum Gasteiger partial charge on any atom is -0.340 e. The Labute approximate surface area is 155 Å². The molecule has 2 atom stereocenters. The van der Waals surface area contributed by atoms with Crippen molar-refractivity contribution in [2.45, 2.75) is 56.7 Å². The van der Waals surface area contributed by atoms with E-state index in [1.54, 1.807) is 16.7 Å². The summed E-state index contributed by atoms with van der Waals surface area (Å²) in [5.74, 6) is -0.0140. The van der Waals surface area contributed by atoms with E-state index in [4.69, 9.17) is 0 Å². The predicted octanol–water partition coefficient (Wildman–Crippen LogP) is 1.99. The first kappa shape index (κ1) is 17.9. The van der Waals surface area contributed by atoms with Crippen LogP contribution in [0.15, 0.2) is 24.5 Å². The van der Waals surface area contributed by atoms with Gasteiger partial charge in [0.15, 0.2) is 0 Å². The fourth-order valence-corrected chi connectivity index (χ4v) is 6.59. The highest BCUT2D eigenvalue weighted by Gasteiger charge is 2.59. The molecule has 142 valence electrons. The molecule has 1 aromatic rings. The number of carbonyl (C=O) groups excluding carboxylic acids is 1. The molecule has 1 spiro atoms. The largest absolute Gasteiger partial charge is 0.340 e. The van der Waals surface area contributed by atoms with Gasteiger partial charge in [-0.25, -0.2) is 8.42 Å². The van der Waals surface area contributed by atoms with Crippen LogP contribution in [0.4, 0.5) is 0 Å². The van der Waals surface area contributed by atoms with Gasteiger partial charge in [0.2, 0.25) is 15.9 Å². The van der Waals surface area contributed by atoms with Crippen molar-refractivity contribution in [1.29, 1.82) is 0 Å². The third kappa shape index (κ3) is 2.76. The number of likely N-dealkylation sites (tertiary alicyclic amines) is 1. The van der Waals surface area contributed by atoms with E-state index in [1.165, 1.54) is 0 Å². The molecule has 3 aliphatic rings. The van der Waals surface area contributed by atoms with Gasteiger partial charge in [-0.2, -0.15) is 4.31 Å². The molecule has 0 unspecified atom stereocenters. The van der Waals surface area contributed by atoms with E-state index < -0.39 is 15.4 Å².